The molecule has 1 aliphatic rings. The number of H-pyrrole nitrogens is 1. The predicted molar refractivity (Wildman–Crippen MR) is 107 cm³/mol. The lowest BCUT2D eigenvalue weighted by Gasteiger charge is -2.35. The summed E-state index contributed by atoms with van der Waals surface area (Å²) in [5.74, 6) is 1.31. The zero-order valence-corrected chi connectivity index (χ0v) is 15.2. The third-order valence-electron chi connectivity index (χ3n) is 4.99. The average Bonchev–Trinajstić information content (AvgIpc) is 3.22. The van der Waals surface area contributed by atoms with E-state index in [0.29, 0.717) is 5.88 Å². The van der Waals surface area contributed by atoms with E-state index in [0.717, 1.165) is 42.0 Å². The monoisotopic (exact) mass is 372 g/mol. The maximum Gasteiger partial charge on any atom is 0.219 e. The maximum absolute atomic E-state index is 9.42. The minimum Gasteiger partial charge on any atom is -0.439 e. The van der Waals surface area contributed by atoms with E-state index < -0.39 is 0 Å². The SMILES string of the molecule is OC1CN(Cc2ccc3cc(Oc4ccc(-c5ccn[nH]5)cn4)ccc3c2)C1. The lowest BCUT2D eigenvalue weighted by Crippen LogP contribution is -2.49. The first-order chi connectivity index (χ1) is 13.7. The van der Waals surface area contributed by atoms with E-state index in [-0.39, 0.29) is 6.10 Å². The number of rotatable bonds is 5. The molecular weight excluding hydrogens is 352 g/mol. The van der Waals surface area contributed by atoms with Gasteiger partial charge in [0, 0.05) is 43.7 Å². The summed E-state index contributed by atoms with van der Waals surface area (Å²) in [5.41, 5.74) is 3.14. The molecule has 0 aliphatic carbocycles. The summed E-state index contributed by atoms with van der Waals surface area (Å²) in [4.78, 5) is 6.62. The van der Waals surface area contributed by atoms with Crippen LogP contribution in [0.25, 0.3) is 22.0 Å². The molecule has 5 rings (SSSR count). The maximum atomic E-state index is 9.42. The van der Waals surface area contributed by atoms with Crippen LogP contribution in [-0.4, -0.2) is 44.4 Å². The summed E-state index contributed by atoms with van der Waals surface area (Å²) in [6.45, 7) is 2.39. The Morgan fingerprint density at radius 3 is 2.64 bits per heavy atom. The molecule has 0 bridgehead atoms. The summed E-state index contributed by atoms with van der Waals surface area (Å²) in [6.07, 6.45) is 3.32. The lowest BCUT2D eigenvalue weighted by molar-refractivity contribution is -0.00284. The highest BCUT2D eigenvalue weighted by Gasteiger charge is 2.23. The number of nitrogens with zero attached hydrogens (tertiary/aromatic N) is 3. The van der Waals surface area contributed by atoms with Crippen molar-refractivity contribution in [3.05, 3.63) is 72.6 Å². The Morgan fingerprint density at radius 1 is 1.04 bits per heavy atom. The van der Waals surface area contributed by atoms with Crippen LogP contribution in [0.5, 0.6) is 11.6 Å². The van der Waals surface area contributed by atoms with E-state index in [1.807, 2.05) is 30.3 Å². The third-order valence-corrected chi connectivity index (χ3v) is 4.99. The van der Waals surface area contributed by atoms with Gasteiger partial charge in [-0.2, -0.15) is 5.10 Å². The summed E-state index contributed by atoms with van der Waals surface area (Å²) >= 11 is 0. The Morgan fingerprint density at radius 2 is 1.89 bits per heavy atom. The number of hydrogen-bond acceptors (Lipinski definition) is 5. The van der Waals surface area contributed by atoms with E-state index in [2.05, 4.69) is 44.3 Å². The molecule has 4 aromatic rings. The number of aliphatic hydroxyl groups is 1. The number of fused-ring (bicyclic) bond motifs is 1. The van der Waals surface area contributed by atoms with Gasteiger partial charge in [-0.1, -0.05) is 18.2 Å². The smallest absolute Gasteiger partial charge is 0.219 e. The minimum absolute atomic E-state index is 0.165. The Bertz CT molecular complexity index is 1090. The number of hydrogen-bond donors (Lipinski definition) is 2. The zero-order chi connectivity index (χ0) is 18.9. The van der Waals surface area contributed by atoms with Crippen molar-refractivity contribution < 1.29 is 9.84 Å². The standard InChI is InChI=1S/C22H20N4O2/c27-19-13-26(14-19)12-15-1-2-17-10-20(5-3-16(17)9-15)28-22-6-4-18(11-23-22)21-7-8-24-25-21/h1-11,19,27H,12-14H2,(H,24,25). The van der Waals surface area contributed by atoms with Crippen molar-refractivity contribution in [2.24, 2.45) is 0 Å². The summed E-state index contributed by atoms with van der Waals surface area (Å²) in [6, 6.07) is 18.2. The topological polar surface area (TPSA) is 74.3 Å². The number of aromatic amines is 1. The Kier molecular flexibility index (Phi) is 4.27. The van der Waals surface area contributed by atoms with Crippen molar-refractivity contribution in [2.45, 2.75) is 12.6 Å². The molecule has 0 atom stereocenters. The van der Waals surface area contributed by atoms with Gasteiger partial charge < -0.3 is 9.84 Å². The van der Waals surface area contributed by atoms with Crippen LogP contribution in [0.15, 0.2) is 67.0 Å². The van der Waals surface area contributed by atoms with Crippen LogP contribution < -0.4 is 4.74 Å². The largest absolute Gasteiger partial charge is 0.439 e. The average molecular weight is 372 g/mol. The number of likely N-dealkylation sites (tertiary alicyclic amines) is 1. The molecular formula is C22H20N4O2. The van der Waals surface area contributed by atoms with Gasteiger partial charge in [-0.25, -0.2) is 4.98 Å². The van der Waals surface area contributed by atoms with E-state index in [9.17, 15) is 5.11 Å². The van der Waals surface area contributed by atoms with Crippen molar-refractivity contribution in [2.75, 3.05) is 13.1 Å². The van der Waals surface area contributed by atoms with Gasteiger partial charge in [-0.05, 0) is 46.7 Å². The number of aliphatic hydroxyl groups excluding tert-OH is 1. The summed E-state index contributed by atoms with van der Waals surface area (Å²) in [5, 5.41) is 18.6. The second-order valence-electron chi connectivity index (χ2n) is 7.15. The zero-order valence-electron chi connectivity index (χ0n) is 15.2. The molecule has 1 aliphatic heterocycles. The van der Waals surface area contributed by atoms with Gasteiger partial charge in [0.05, 0.1) is 11.8 Å². The first-order valence-corrected chi connectivity index (χ1v) is 9.30. The molecule has 1 saturated heterocycles. The molecule has 2 N–H and O–H groups in total. The Balaban J connectivity index is 1.30. The van der Waals surface area contributed by atoms with Gasteiger partial charge in [-0.3, -0.25) is 10.00 Å². The molecule has 1 fully saturated rings. The van der Waals surface area contributed by atoms with Gasteiger partial charge in [-0.15, -0.1) is 0 Å². The van der Waals surface area contributed by atoms with Crippen molar-refractivity contribution in [1.82, 2.24) is 20.1 Å². The molecule has 28 heavy (non-hydrogen) atoms. The summed E-state index contributed by atoms with van der Waals surface area (Å²) < 4.78 is 5.92. The third kappa shape index (κ3) is 3.47. The Labute approximate surface area is 162 Å². The fourth-order valence-corrected chi connectivity index (χ4v) is 3.50. The van der Waals surface area contributed by atoms with Crippen LogP contribution in [0.2, 0.25) is 0 Å². The molecule has 0 radical (unpaired) electrons. The number of benzene rings is 2. The number of ether oxygens (including phenoxy) is 1. The van der Waals surface area contributed by atoms with Gasteiger partial charge in [0.25, 0.3) is 0 Å². The van der Waals surface area contributed by atoms with E-state index in [4.69, 9.17) is 4.74 Å². The van der Waals surface area contributed by atoms with Gasteiger partial charge in [0.1, 0.15) is 5.75 Å². The number of nitrogens with one attached hydrogen (secondary N) is 1. The quantitative estimate of drug-likeness (QED) is 0.560. The lowest BCUT2D eigenvalue weighted by atomic mass is 10.0. The molecule has 140 valence electrons. The fourth-order valence-electron chi connectivity index (χ4n) is 3.50. The molecule has 0 unspecified atom stereocenters. The second kappa shape index (κ2) is 7.07. The second-order valence-corrected chi connectivity index (χ2v) is 7.15. The molecule has 0 spiro atoms. The van der Waals surface area contributed by atoms with Gasteiger partial charge >= 0.3 is 0 Å². The molecule has 6 nitrogen and oxygen atoms in total. The fraction of sp³-hybridized carbons (Fsp3) is 0.182. The molecule has 6 heteroatoms. The van der Waals surface area contributed by atoms with Gasteiger partial charge in [0.15, 0.2) is 0 Å². The molecule has 3 heterocycles. The van der Waals surface area contributed by atoms with Crippen LogP contribution >= 0.6 is 0 Å². The first kappa shape index (κ1) is 16.9. The van der Waals surface area contributed by atoms with Crippen LogP contribution in [0.1, 0.15) is 5.56 Å². The number of β-amino-alcohol motifs (C(OH)–C–C–N with tert-alkyl or cyclic N) is 1. The van der Waals surface area contributed by atoms with Crippen molar-refractivity contribution >= 4 is 10.8 Å². The van der Waals surface area contributed by atoms with E-state index in [1.165, 1.54) is 10.9 Å². The van der Waals surface area contributed by atoms with Crippen LogP contribution in [-0.2, 0) is 6.54 Å². The van der Waals surface area contributed by atoms with Crippen molar-refractivity contribution in [3.63, 3.8) is 0 Å². The summed E-state index contributed by atoms with van der Waals surface area (Å²) in [7, 11) is 0. The molecule has 2 aromatic carbocycles. The van der Waals surface area contributed by atoms with Crippen LogP contribution in [0, 0.1) is 0 Å². The van der Waals surface area contributed by atoms with Crippen LogP contribution in [0.3, 0.4) is 0 Å². The van der Waals surface area contributed by atoms with Crippen LogP contribution in [0.4, 0.5) is 0 Å². The van der Waals surface area contributed by atoms with Gasteiger partial charge in [0.2, 0.25) is 5.88 Å². The van der Waals surface area contributed by atoms with E-state index in [1.54, 1.807) is 12.4 Å². The molecule has 0 saturated carbocycles. The highest BCUT2D eigenvalue weighted by molar-refractivity contribution is 5.84. The highest BCUT2D eigenvalue weighted by atomic mass is 16.5. The minimum atomic E-state index is -0.165. The molecule has 2 aromatic heterocycles. The predicted octanol–water partition coefficient (Wildman–Crippen LogP) is 3.59. The highest BCUT2D eigenvalue weighted by Crippen LogP contribution is 2.27. The van der Waals surface area contributed by atoms with Crippen molar-refractivity contribution in [1.29, 1.82) is 0 Å². The number of aromatic nitrogens is 3. The first-order valence-electron chi connectivity index (χ1n) is 9.30. The number of pyridine rings is 1. The normalized spacial score (nSPS) is 14.9. The Hall–Kier alpha value is -3.22. The molecule has 0 amide bonds. The van der Waals surface area contributed by atoms with E-state index >= 15 is 0 Å². The van der Waals surface area contributed by atoms with Crippen molar-refractivity contribution in [3.8, 4) is 22.9 Å².